The number of benzene rings is 1. The van der Waals surface area contributed by atoms with Crippen molar-refractivity contribution in [2.45, 2.75) is 43.1 Å². The Bertz CT molecular complexity index is 577. The second kappa shape index (κ2) is 6.69. The molecule has 2 saturated heterocycles. The molecule has 0 bridgehead atoms. The van der Waals surface area contributed by atoms with E-state index in [1.165, 1.54) is 18.6 Å². The van der Waals surface area contributed by atoms with Crippen molar-refractivity contribution in [1.82, 2.24) is 10.2 Å². The Kier molecular flexibility index (Phi) is 4.82. The number of amides is 2. The molecule has 1 aromatic carbocycles. The second-order valence-electron chi connectivity index (χ2n) is 6.67. The van der Waals surface area contributed by atoms with Gasteiger partial charge < -0.3 is 15.3 Å². The summed E-state index contributed by atoms with van der Waals surface area (Å²) in [5.41, 5.74) is 0.734. The first-order valence-corrected chi connectivity index (χ1v) is 9.07. The Labute approximate surface area is 140 Å². The van der Waals surface area contributed by atoms with Crippen LogP contribution >= 0.6 is 11.8 Å². The highest BCUT2D eigenvalue weighted by molar-refractivity contribution is 8.00. The molecule has 0 aromatic heterocycles. The van der Waals surface area contributed by atoms with Crippen molar-refractivity contribution in [3.8, 4) is 0 Å². The summed E-state index contributed by atoms with van der Waals surface area (Å²) in [4.78, 5) is 14.2. The first-order valence-electron chi connectivity index (χ1n) is 8.09. The number of aliphatic hydroxyl groups is 1. The number of aliphatic hydroxyl groups excluding tert-OH is 1. The van der Waals surface area contributed by atoms with Crippen LogP contribution in [0, 0.1) is 5.82 Å². The van der Waals surface area contributed by atoms with Gasteiger partial charge in [-0.2, -0.15) is 11.8 Å². The molecule has 2 N–H and O–H groups in total. The van der Waals surface area contributed by atoms with Crippen LogP contribution in [0.2, 0.25) is 0 Å². The third-order valence-electron chi connectivity index (χ3n) is 4.69. The van der Waals surface area contributed by atoms with E-state index in [1.807, 2.05) is 11.8 Å². The van der Waals surface area contributed by atoms with Crippen LogP contribution in [0.4, 0.5) is 9.18 Å². The van der Waals surface area contributed by atoms with Crippen LogP contribution in [0.15, 0.2) is 24.3 Å². The van der Waals surface area contributed by atoms with E-state index in [-0.39, 0.29) is 29.2 Å². The molecule has 6 heteroatoms. The summed E-state index contributed by atoms with van der Waals surface area (Å²) in [6.45, 7) is 3.09. The van der Waals surface area contributed by atoms with E-state index >= 15 is 0 Å². The highest BCUT2D eigenvalue weighted by Gasteiger charge is 2.37. The number of β-amino-alcohol motifs (C(OH)–C–C–N with tert-alkyl or cyclic N) is 1. The van der Waals surface area contributed by atoms with Gasteiger partial charge in [0.1, 0.15) is 5.82 Å². The molecule has 3 unspecified atom stereocenters. The fourth-order valence-corrected chi connectivity index (χ4v) is 4.65. The molecule has 0 radical (unpaired) electrons. The average Bonchev–Trinajstić information content (AvgIpc) is 3.12. The number of nitrogens with zero attached hydrogens (tertiary/aromatic N) is 1. The van der Waals surface area contributed by atoms with Crippen LogP contribution in [0.3, 0.4) is 0 Å². The maximum absolute atomic E-state index is 13.5. The molecule has 3 atom stereocenters. The van der Waals surface area contributed by atoms with E-state index in [1.54, 1.807) is 17.0 Å². The summed E-state index contributed by atoms with van der Waals surface area (Å²) in [5, 5.41) is 13.0. The summed E-state index contributed by atoms with van der Waals surface area (Å²) >= 11 is 1.90. The molecule has 126 valence electrons. The van der Waals surface area contributed by atoms with Crippen molar-refractivity contribution < 1.29 is 14.3 Å². The molecule has 4 nitrogen and oxygen atoms in total. The molecule has 0 saturated carbocycles. The van der Waals surface area contributed by atoms with E-state index in [2.05, 4.69) is 12.2 Å². The molecule has 2 aliphatic rings. The van der Waals surface area contributed by atoms with E-state index in [0.29, 0.717) is 13.0 Å². The quantitative estimate of drug-likeness (QED) is 0.891. The van der Waals surface area contributed by atoms with Crippen LogP contribution in [0.5, 0.6) is 0 Å². The zero-order valence-corrected chi connectivity index (χ0v) is 14.1. The minimum Gasteiger partial charge on any atom is -0.391 e. The molecule has 0 spiro atoms. The van der Waals surface area contributed by atoms with Crippen molar-refractivity contribution in [3.05, 3.63) is 35.6 Å². The highest BCUT2D eigenvalue weighted by Crippen LogP contribution is 2.37. The normalized spacial score (nSPS) is 30.7. The van der Waals surface area contributed by atoms with Gasteiger partial charge >= 0.3 is 6.03 Å². The number of nitrogens with one attached hydrogen (secondary N) is 1. The third-order valence-corrected chi connectivity index (χ3v) is 6.23. The molecule has 2 fully saturated rings. The lowest BCUT2D eigenvalue weighted by Gasteiger charge is -2.28. The second-order valence-corrected chi connectivity index (χ2v) is 8.36. The van der Waals surface area contributed by atoms with E-state index in [9.17, 15) is 14.3 Å². The third kappa shape index (κ3) is 3.80. The van der Waals surface area contributed by atoms with E-state index in [4.69, 9.17) is 0 Å². The largest absolute Gasteiger partial charge is 0.391 e. The summed E-state index contributed by atoms with van der Waals surface area (Å²) in [6, 6.07) is 5.82. The lowest BCUT2D eigenvalue weighted by atomic mass is 10.0. The number of rotatable bonds is 3. The number of carbonyl (C=O) groups excluding carboxylic acids is 1. The minimum atomic E-state index is -0.564. The minimum absolute atomic E-state index is 0.0996. The van der Waals surface area contributed by atoms with Gasteiger partial charge in [0.05, 0.1) is 12.1 Å². The fourth-order valence-electron chi connectivity index (χ4n) is 3.41. The van der Waals surface area contributed by atoms with Gasteiger partial charge in [0.25, 0.3) is 0 Å². The Hall–Kier alpha value is -1.27. The van der Waals surface area contributed by atoms with Gasteiger partial charge in [-0.1, -0.05) is 12.1 Å². The number of halogens is 1. The number of hydrogen-bond donors (Lipinski definition) is 2. The maximum atomic E-state index is 13.5. The van der Waals surface area contributed by atoms with Gasteiger partial charge in [0.2, 0.25) is 0 Å². The predicted molar refractivity (Wildman–Crippen MR) is 90.0 cm³/mol. The molecule has 2 aliphatic heterocycles. The van der Waals surface area contributed by atoms with Gasteiger partial charge in [-0.25, -0.2) is 9.18 Å². The van der Waals surface area contributed by atoms with Crippen LogP contribution in [-0.2, 0) is 0 Å². The number of thioether (sulfide) groups is 1. The van der Waals surface area contributed by atoms with Crippen LogP contribution in [0.1, 0.15) is 37.8 Å². The molecule has 2 amide bonds. The number of urea groups is 1. The first kappa shape index (κ1) is 16.6. The molecular formula is C17H23FN2O2S. The number of likely N-dealkylation sites (tertiary alicyclic amines) is 1. The standard InChI is InChI=1S/C17H23FN2O2S/c1-17(6-3-7-23-17)11-19-16(22)20-10-14(21)9-15(20)12-4-2-5-13(18)8-12/h2,4-5,8,14-15,21H,3,6-7,9-11H2,1H3,(H,19,22). The van der Waals surface area contributed by atoms with Crippen LogP contribution in [-0.4, -0.2) is 45.7 Å². The SMILES string of the molecule is CC1(CNC(=O)N2CC(O)CC2c2cccc(F)c2)CCCS1. The Morgan fingerprint density at radius 3 is 3.09 bits per heavy atom. The van der Waals surface area contributed by atoms with E-state index in [0.717, 1.165) is 17.7 Å². The van der Waals surface area contributed by atoms with Gasteiger partial charge in [-0.3, -0.25) is 0 Å². The zero-order valence-electron chi connectivity index (χ0n) is 13.3. The molecule has 0 aliphatic carbocycles. The average molecular weight is 338 g/mol. The first-order chi connectivity index (χ1) is 11.0. The lowest BCUT2D eigenvalue weighted by Crippen LogP contribution is -2.45. The smallest absolute Gasteiger partial charge is 0.318 e. The van der Waals surface area contributed by atoms with Crippen LogP contribution < -0.4 is 5.32 Å². The van der Waals surface area contributed by atoms with Crippen molar-refractivity contribution in [3.63, 3.8) is 0 Å². The van der Waals surface area contributed by atoms with Gasteiger partial charge in [0, 0.05) is 17.8 Å². The van der Waals surface area contributed by atoms with Crippen molar-refractivity contribution in [2.24, 2.45) is 0 Å². The zero-order chi connectivity index (χ0) is 16.4. The topological polar surface area (TPSA) is 52.6 Å². The molecule has 3 rings (SSSR count). The van der Waals surface area contributed by atoms with Crippen molar-refractivity contribution in [1.29, 1.82) is 0 Å². The lowest BCUT2D eigenvalue weighted by molar-refractivity contribution is 0.169. The van der Waals surface area contributed by atoms with Gasteiger partial charge in [-0.05, 0) is 49.6 Å². The Morgan fingerprint density at radius 2 is 2.39 bits per heavy atom. The number of carbonyl (C=O) groups is 1. The monoisotopic (exact) mass is 338 g/mol. The van der Waals surface area contributed by atoms with Crippen molar-refractivity contribution >= 4 is 17.8 Å². The molecule has 1 aromatic rings. The van der Waals surface area contributed by atoms with Crippen molar-refractivity contribution in [2.75, 3.05) is 18.8 Å². The predicted octanol–water partition coefficient (Wildman–Crippen LogP) is 2.93. The Morgan fingerprint density at radius 1 is 1.57 bits per heavy atom. The summed E-state index contributed by atoms with van der Waals surface area (Å²) in [6.07, 6.45) is 2.17. The highest BCUT2D eigenvalue weighted by atomic mass is 32.2. The number of hydrogen-bond acceptors (Lipinski definition) is 3. The van der Waals surface area contributed by atoms with Gasteiger partial charge in [-0.15, -0.1) is 0 Å². The summed E-state index contributed by atoms with van der Waals surface area (Å²) in [7, 11) is 0. The van der Waals surface area contributed by atoms with E-state index < -0.39 is 6.10 Å². The fraction of sp³-hybridized carbons (Fsp3) is 0.588. The summed E-state index contributed by atoms with van der Waals surface area (Å²) in [5.74, 6) is 0.819. The molecule has 23 heavy (non-hydrogen) atoms. The van der Waals surface area contributed by atoms with Crippen LogP contribution in [0.25, 0.3) is 0 Å². The van der Waals surface area contributed by atoms with Gasteiger partial charge in [0.15, 0.2) is 0 Å². The maximum Gasteiger partial charge on any atom is 0.318 e. The molecule has 2 heterocycles. The Balaban J connectivity index is 1.68. The molecular weight excluding hydrogens is 315 g/mol. The summed E-state index contributed by atoms with van der Waals surface area (Å²) < 4.78 is 13.6.